The highest BCUT2D eigenvalue weighted by molar-refractivity contribution is 5.87. The number of carbonyl (C=O) groups is 1. The number of methoxy groups -OCH3 is 1. The molecule has 6 nitrogen and oxygen atoms in total. The van der Waals surface area contributed by atoms with Gasteiger partial charge in [0.05, 0.1) is 12.8 Å². The van der Waals surface area contributed by atoms with Crippen LogP contribution in [0.1, 0.15) is 68.7 Å². The molecule has 6 heteroatoms. The zero-order chi connectivity index (χ0) is 22.7. The summed E-state index contributed by atoms with van der Waals surface area (Å²) in [4.78, 5) is 22.8. The summed E-state index contributed by atoms with van der Waals surface area (Å²) < 4.78 is 7.26. The van der Waals surface area contributed by atoms with Crippen LogP contribution < -0.4 is 10.1 Å². The summed E-state index contributed by atoms with van der Waals surface area (Å²) in [5, 5.41) is 4.19. The van der Waals surface area contributed by atoms with E-state index in [1.165, 1.54) is 0 Å². The number of amides is 1. The molecule has 3 rings (SSSR count). The van der Waals surface area contributed by atoms with Crippen LogP contribution in [0.3, 0.4) is 0 Å². The lowest BCUT2D eigenvalue weighted by molar-refractivity contribution is -0.124. The molecule has 1 amide bonds. The average molecular weight is 423 g/mol. The highest BCUT2D eigenvalue weighted by atomic mass is 16.5. The van der Waals surface area contributed by atoms with Crippen molar-refractivity contribution in [3.63, 3.8) is 0 Å². The Hall–Kier alpha value is -2.89. The van der Waals surface area contributed by atoms with Crippen LogP contribution in [0.4, 0.5) is 0 Å². The van der Waals surface area contributed by atoms with E-state index in [1.807, 2.05) is 31.2 Å². The van der Waals surface area contributed by atoms with E-state index in [0.29, 0.717) is 12.5 Å². The second kappa shape index (κ2) is 9.50. The van der Waals surface area contributed by atoms with Gasteiger partial charge in [0.2, 0.25) is 5.91 Å². The minimum absolute atomic E-state index is 0.00350. The van der Waals surface area contributed by atoms with Crippen LogP contribution in [0, 0.1) is 19.8 Å². The summed E-state index contributed by atoms with van der Waals surface area (Å²) >= 11 is 0. The fourth-order valence-electron chi connectivity index (χ4n) is 3.98. The SMILES string of the molecule is COc1ccc(CNC(=O)C(CC(C)C)n2cc(C)c3c(C(C)C)nc(C)nc32)cc1. The third-order valence-electron chi connectivity index (χ3n) is 5.51. The number of ether oxygens (including phenoxy) is 1. The van der Waals surface area contributed by atoms with E-state index in [4.69, 9.17) is 14.7 Å². The monoisotopic (exact) mass is 422 g/mol. The molecule has 31 heavy (non-hydrogen) atoms. The molecular formula is C25H34N4O2. The van der Waals surface area contributed by atoms with Crippen molar-refractivity contribution in [2.75, 3.05) is 7.11 Å². The number of benzene rings is 1. The van der Waals surface area contributed by atoms with Gasteiger partial charge in [0.1, 0.15) is 23.3 Å². The highest BCUT2D eigenvalue weighted by Gasteiger charge is 2.26. The first-order valence-electron chi connectivity index (χ1n) is 11.0. The summed E-state index contributed by atoms with van der Waals surface area (Å²) in [6, 6.07) is 7.42. The highest BCUT2D eigenvalue weighted by Crippen LogP contribution is 2.31. The van der Waals surface area contributed by atoms with E-state index in [9.17, 15) is 4.79 Å². The second-order valence-corrected chi connectivity index (χ2v) is 8.94. The van der Waals surface area contributed by atoms with Gasteiger partial charge in [-0.1, -0.05) is 39.8 Å². The Morgan fingerprint density at radius 3 is 2.35 bits per heavy atom. The number of hydrogen-bond acceptors (Lipinski definition) is 4. The van der Waals surface area contributed by atoms with Crippen LogP contribution in [0.5, 0.6) is 5.75 Å². The number of nitrogens with one attached hydrogen (secondary N) is 1. The molecule has 2 aromatic heterocycles. The van der Waals surface area contributed by atoms with Crippen molar-refractivity contribution < 1.29 is 9.53 Å². The lowest BCUT2D eigenvalue weighted by Gasteiger charge is -2.21. The number of nitrogens with zero attached hydrogens (tertiary/aromatic N) is 3. The standard InChI is InChI=1S/C25H34N4O2/c1-15(2)12-21(25(30)26-13-19-8-10-20(31-7)11-9-19)29-14-17(5)22-23(16(3)4)27-18(6)28-24(22)29/h8-11,14-16,21H,12-13H2,1-7H3,(H,26,30). The van der Waals surface area contributed by atoms with Crippen molar-refractivity contribution in [2.24, 2.45) is 5.92 Å². The summed E-state index contributed by atoms with van der Waals surface area (Å²) in [5.41, 5.74) is 4.03. The number of aryl methyl sites for hydroxylation is 2. The van der Waals surface area contributed by atoms with Gasteiger partial charge in [-0.2, -0.15) is 0 Å². The Balaban J connectivity index is 1.94. The van der Waals surface area contributed by atoms with Crippen molar-refractivity contribution in [1.29, 1.82) is 0 Å². The molecule has 166 valence electrons. The maximum absolute atomic E-state index is 13.3. The van der Waals surface area contributed by atoms with Crippen molar-refractivity contribution in [1.82, 2.24) is 19.9 Å². The molecular weight excluding hydrogens is 388 g/mol. The first-order valence-corrected chi connectivity index (χ1v) is 11.0. The van der Waals surface area contributed by atoms with Gasteiger partial charge < -0.3 is 14.6 Å². The molecule has 0 bridgehead atoms. The number of fused-ring (bicyclic) bond motifs is 1. The van der Waals surface area contributed by atoms with Gasteiger partial charge >= 0.3 is 0 Å². The minimum Gasteiger partial charge on any atom is -0.497 e. The van der Waals surface area contributed by atoms with E-state index in [2.05, 4.69) is 50.7 Å². The van der Waals surface area contributed by atoms with Gasteiger partial charge in [0, 0.05) is 18.1 Å². The fraction of sp³-hybridized carbons (Fsp3) is 0.480. The van der Waals surface area contributed by atoms with Crippen LogP contribution in [-0.2, 0) is 11.3 Å². The predicted octanol–water partition coefficient (Wildman–Crippen LogP) is 5.08. The van der Waals surface area contributed by atoms with E-state index < -0.39 is 0 Å². The molecule has 0 spiro atoms. The maximum Gasteiger partial charge on any atom is 0.243 e. The molecule has 0 radical (unpaired) electrons. The molecule has 2 heterocycles. The van der Waals surface area contributed by atoms with Crippen LogP contribution in [0.2, 0.25) is 0 Å². The average Bonchev–Trinajstić information content (AvgIpc) is 3.05. The van der Waals surface area contributed by atoms with Gasteiger partial charge in [-0.05, 0) is 55.4 Å². The van der Waals surface area contributed by atoms with Crippen LogP contribution in [0.15, 0.2) is 30.5 Å². The zero-order valence-corrected chi connectivity index (χ0v) is 19.7. The normalized spacial score (nSPS) is 12.5. The Morgan fingerprint density at radius 2 is 1.77 bits per heavy atom. The van der Waals surface area contributed by atoms with E-state index in [1.54, 1.807) is 7.11 Å². The molecule has 3 aromatic rings. The molecule has 0 fully saturated rings. The molecule has 0 aliphatic rings. The topological polar surface area (TPSA) is 69.0 Å². The van der Waals surface area contributed by atoms with E-state index >= 15 is 0 Å². The molecule has 0 saturated heterocycles. The predicted molar refractivity (Wildman–Crippen MR) is 124 cm³/mol. The molecule has 0 aliphatic heterocycles. The Labute approximate surface area is 185 Å². The van der Waals surface area contributed by atoms with Gasteiger partial charge in [-0.25, -0.2) is 9.97 Å². The maximum atomic E-state index is 13.3. The summed E-state index contributed by atoms with van der Waals surface area (Å²) in [6.45, 7) is 13.0. The number of carbonyl (C=O) groups excluding carboxylic acids is 1. The quantitative estimate of drug-likeness (QED) is 0.549. The van der Waals surface area contributed by atoms with Crippen molar-refractivity contribution in [3.8, 4) is 5.75 Å². The molecule has 1 N–H and O–H groups in total. The molecule has 1 aromatic carbocycles. The summed E-state index contributed by atoms with van der Waals surface area (Å²) in [5.74, 6) is 2.19. The zero-order valence-electron chi connectivity index (χ0n) is 19.7. The third-order valence-corrected chi connectivity index (χ3v) is 5.51. The Bertz CT molecular complexity index is 1050. The Kier molecular flexibility index (Phi) is 6.98. The number of rotatable bonds is 8. The molecule has 1 atom stereocenters. The third kappa shape index (κ3) is 5.06. The summed E-state index contributed by atoms with van der Waals surface area (Å²) in [7, 11) is 1.65. The van der Waals surface area contributed by atoms with Crippen LogP contribution >= 0.6 is 0 Å². The fourth-order valence-corrected chi connectivity index (χ4v) is 3.98. The van der Waals surface area contributed by atoms with Gasteiger partial charge in [-0.15, -0.1) is 0 Å². The van der Waals surface area contributed by atoms with E-state index in [0.717, 1.165) is 45.8 Å². The molecule has 0 saturated carbocycles. The van der Waals surface area contributed by atoms with Crippen molar-refractivity contribution >= 4 is 16.9 Å². The summed E-state index contributed by atoms with van der Waals surface area (Å²) in [6.07, 6.45) is 2.79. The minimum atomic E-state index is -0.330. The second-order valence-electron chi connectivity index (χ2n) is 8.94. The largest absolute Gasteiger partial charge is 0.497 e. The van der Waals surface area contributed by atoms with Gasteiger partial charge in [0.15, 0.2) is 0 Å². The smallest absolute Gasteiger partial charge is 0.243 e. The van der Waals surface area contributed by atoms with Crippen molar-refractivity contribution in [3.05, 3.63) is 53.1 Å². The van der Waals surface area contributed by atoms with Gasteiger partial charge in [0.25, 0.3) is 0 Å². The van der Waals surface area contributed by atoms with Crippen LogP contribution in [0.25, 0.3) is 11.0 Å². The Morgan fingerprint density at radius 1 is 1.10 bits per heavy atom. The lowest BCUT2D eigenvalue weighted by Crippen LogP contribution is -2.33. The first-order chi connectivity index (χ1) is 14.7. The lowest BCUT2D eigenvalue weighted by atomic mass is 10.0. The first kappa shape index (κ1) is 22.8. The van der Waals surface area contributed by atoms with E-state index in [-0.39, 0.29) is 17.9 Å². The molecule has 0 aliphatic carbocycles. The van der Waals surface area contributed by atoms with Crippen molar-refractivity contribution in [2.45, 2.75) is 66.5 Å². The van der Waals surface area contributed by atoms with Crippen LogP contribution in [-0.4, -0.2) is 27.6 Å². The molecule has 1 unspecified atom stereocenters. The van der Waals surface area contributed by atoms with Gasteiger partial charge in [-0.3, -0.25) is 4.79 Å². The number of aromatic nitrogens is 3. The number of hydrogen-bond donors (Lipinski definition) is 1.